The van der Waals surface area contributed by atoms with E-state index in [9.17, 15) is 8.78 Å². The van der Waals surface area contributed by atoms with Gasteiger partial charge in [0.05, 0.1) is 25.0 Å². The van der Waals surface area contributed by atoms with Gasteiger partial charge in [-0.1, -0.05) is 23.8 Å². The summed E-state index contributed by atoms with van der Waals surface area (Å²) in [6.45, 7) is 5.02. The maximum atomic E-state index is 13.8. The number of halogens is 2. The number of fused-ring (bicyclic) bond motifs is 1. The molecule has 0 unspecified atom stereocenters. The first-order valence-electron chi connectivity index (χ1n) is 11.2. The summed E-state index contributed by atoms with van der Waals surface area (Å²) < 4.78 is 36.2. The average molecular weight is 475 g/mol. The molecule has 4 heterocycles. The fourth-order valence-electron chi connectivity index (χ4n) is 4.31. The highest BCUT2D eigenvalue weighted by Crippen LogP contribution is 2.24. The van der Waals surface area contributed by atoms with Crippen LogP contribution < -0.4 is 10.2 Å². The summed E-state index contributed by atoms with van der Waals surface area (Å²) in [5, 5.41) is 11.5. The van der Waals surface area contributed by atoms with Crippen LogP contribution in [-0.4, -0.2) is 68.4 Å². The van der Waals surface area contributed by atoms with Crippen LogP contribution in [-0.2, 0) is 4.74 Å². The Bertz CT molecular complexity index is 1160. The summed E-state index contributed by atoms with van der Waals surface area (Å²) in [5.41, 5.74) is 2.11. The van der Waals surface area contributed by atoms with E-state index >= 15 is 0 Å². The Hall–Kier alpha value is -2.79. The Kier molecular flexibility index (Phi) is 6.15. The van der Waals surface area contributed by atoms with Crippen molar-refractivity contribution < 1.29 is 18.2 Å². The third-order valence-electron chi connectivity index (χ3n) is 6.31. The van der Waals surface area contributed by atoms with Gasteiger partial charge in [-0.05, 0) is 24.8 Å². The predicted molar refractivity (Wildman–Crippen MR) is 125 cm³/mol. The summed E-state index contributed by atoms with van der Waals surface area (Å²) in [5.74, 6) is 1.45. The first kappa shape index (κ1) is 22.0. The molecule has 33 heavy (non-hydrogen) atoms. The van der Waals surface area contributed by atoms with Gasteiger partial charge in [0.25, 0.3) is 6.43 Å². The highest BCUT2D eigenvalue weighted by molar-refractivity contribution is 7.80. The maximum absolute atomic E-state index is 13.8. The molecule has 5 rings (SSSR count). The van der Waals surface area contributed by atoms with Crippen LogP contribution in [0.25, 0.3) is 5.65 Å². The Morgan fingerprint density at radius 1 is 1.27 bits per heavy atom. The van der Waals surface area contributed by atoms with E-state index in [1.165, 1.54) is 0 Å². The standard InChI is InChI=1S/C22H25F2N7OS/c1-14-2-4-15(5-3-14)31-13-17(19(28-31)20(23)24)26-22(33)16-12-25-30-7-6-18(27-21(16)30)29-8-10-32-11-9-29/h6-7,12-14,20H,2-5,8-11H2,1H3/p+1. The van der Waals surface area contributed by atoms with Crippen LogP contribution in [0.5, 0.6) is 0 Å². The van der Waals surface area contributed by atoms with Gasteiger partial charge in [-0.2, -0.15) is 5.10 Å². The molecule has 3 aliphatic rings. The smallest absolute Gasteiger partial charge is 0.288 e. The highest BCUT2D eigenvalue weighted by atomic mass is 32.1. The molecule has 0 radical (unpaired) electrons. The molecule has 2 aromatic heterocycles. The second-order valence-electron chi connectivity index (χ2n) is 8.59. The molecule has 1 saturated heterocycles. The zero-order chi connectivity index (χ0) is 22.9. The summed E-state index contributed by atoms with van der Waals surface area (Å²) in [7, 11) is 0. The van der Waals surface area contributed by atoms with Crippen LogP contribution in [0, 0.1) is 5.92 Å². The van der Waals surface area contributed by atoms with Crippen LogP contribution in [0.2, 0.25) is 0 Å². The van der Waals surface area contributed by atoms with E-state index < -0.39 is 6.43 Å². The molecule has 2 aromatic rings. The van der Waals surface area contributed by atoms with Crippen LogP contribution in [0.4, 0.5) is 14.6 Å². The second kappa shape index (κ2) is 9.22. The number of hydrazone groups is 1. The minimum Gasteiger partial charge on any atom is -0.378 e. The first-order valence-corrected chi connectivity index (χ1v) is 11.6. The molecule has 1 N–H and O–H groups in total. The van der Waals surface area contributed by atoms with Crippen molar-refractivity contribution in [3.05, 3.63) is 35.9 Å². The second-order valence-corrected chi connectivity index (χ2v) is 9.00. The third kappa shape index (κ3) is 4.51. The first-order chi connectivity index (χ1) is 16.0. The molecule has 11 heteroatoms. The largest absolute Gasteiger partial charge is 0.378 e. The predicted octanol–water partition coefficient (Wildman–Crippen LogP) is 2.97. The number of aromatic nitrogens is 3. The topological polar surface area (TPSA) is 70.1 Å². The minimum absolute atomic E-state index is 0.213. The summed E-state index contributed by atoms with van der Waals surface area (Å²) in [4.78, 5) is 7.15. The van der Waals surface area contributed by atoms with Crippen molar-refractivity contribution in [3.63, 3.8) is 0 Å². The minimum atomic E-state index is -2.71. The lowest BCUT2D eigenvalue weighted by molar-refractivity contribution is -0.461. The van der Waals surface area contributed by atoms with Gasteiger partial charge in [0.15, 0.2) is 11.4 Å². The van der Waals surface area contributed by atoms with E-state index in [0.717, 1.165) is 50.3 Å². The molecular formula is C22H26F2N7OS+. The van der Waals surface area contributed by atoms with Crippen molar-refractivity contribution >= 4 is 40.1 Å². The average Bonchev–Trinajstić information content (AvgIpc) is 3.44. The van der Waals surface area contributed by atoms with Crippen molar-refractivity contribution in [1.29, 1.82) is 0 Å². The summed E-state index contributed by atoms with van der Waals surface area (Å²) >= 11 is 5.58. The van der Waals surface area contributed by atoms with Crippen LogP contribution in [0.15, 0.2) is 35.5 Å². The molecule has 1 aliphatic carbocycles. The lowest BCUT2D eigenvalue weighted by Crippen LogP contribution is -2.36. The summed E-state index contributed by atoms with van der Waals surface area (Å²) in [6, 6.07) is 1.90. The molecule has 174 valence electrons. The number of morpholine rings is 1. The summed E-state index contributed by atoms with van der Waals surface area (Å²) in [6.07, 6.45) is 6.13. The van der Waals surface area contributed by atoms with E-state index in [4.69, 9.17) is 21.9 Å². The molecule has 0 bridgehead atoms. The fourth-order valence-corrected chi connectivity index (χ4v) is 4.56. The van der Waals surface area contributed by atoms with Crippen molar-refractivity contribution in [2.45, 2.75) is 39.0 Å². The van der Waals surface area contributed by atoms with E-state index in [1.54, 1.807) is 21.6 Å². The van der Waals surface area contributed by atoms with E-state index in [-0.39, 0.29) is 16.4 Å². The van der Waals surface area contributed by atoms with Crippen molar-refractivity contribution in [3.8, 4) is 0 Å². The molecule has 2 aliphatic heterocycles. The van der Waals surface area contributed by atoms with Gasteiger partial charge in [0.2, 0.25) is 11.9 Å². The van der Waals surface area contributed by atoms with Crippen molar-refractivity contribution in [2.24, 2.45) is 11.0 Å². The SMILES string of the molecule is CC1CCC(=[N+]2C=C(NC(=S)c3cnn4ccc(N5CCOCC5)nc34)C(C(F)F)=N2)CC1. The number of anilines is 1. The van der Waals surface area contributed by atoms with Gasteiger partial charge in [0.1, 0.15) is 16.5 Å². The Labute approximate surface area is 195 Å². The number of allylic oxidation sites excluding steroid dienone is 1. The molecule has 0 aromatic carbocycles. The number of hydrogen-bond donors (Lipinski definition) is 1. The molecule has 0 atom stereocenters. The van der Waals surface area contributed by atoms with Gasteiger partial charge in [-0.15, -0.1) is 0 Å². The number of nitrogens with one attached hydrogen (secondary N) is 1. The molecular weight excluding hydrogens is 448 g/mol. The molecule has 1 saturated carbocycles. The molecule has 0 spiro atoms. The number of hydrogen-bond acceptors (Lipinski definition) is 6. The molecule has 8 nitrogen and oxygen atoms in total. The Morgan fingerprint density at radius 3 is 2.76 bits per heavy atom. The van der Waals surface area contributed by atoms with Crippen molar-refractivity contribution in [2.75, 3.05) is 31.2 Å². The number of alkyl halides is 2. The van der Waals surface area contributed by atoms with Crippen LogP contribution in [0.3, 0.4) is 0 Å². The zero-order valence-corrected chi connectivity index (χ0v) is 19.2. The number of nitrogens with zero attached hydrogens (tertiary/aromatic N) is 6. The van der Waals surface area contributed by atoms with Gasteiger partial charge in [0, 0.05) is 37.2 Å². The number of rotatable bonds is 4. The fraction of sp³-hybridized carbons (Fsp3) is 0.500. The van der Waals surface area contributed by atoms with Crippen LogP contribution >= 0.6 is 12.2 Å². The van der Waals surface area contributed by atoms with E-state index in [0.29, 0.717) is 30.3 Å². The molecule has 2 fully saturated rings. The molecule has 0 amide bonds. The van der Waals surface area contributed by atoms with Gasteiger partial charge >= 0.3 is 0 Å². The third-order valence-corrected chi connectivity index (χ3v) is 6.63. The van der Waals surface area contributed by atoms with Gasteiger partial charge < -0.3 is 15.0 Å². The Balaban J connectivity index is 1.41. The van der Waals surface area contributed by atoms with E-state index in [1.807, 2.05) is 12.3 Å². The number of thiocarbonyl (C=S) groups is 1. The maximum Gasteiger partial charge on any atom is 0.288 e. The van der Waals surface area contributed by atoms with Gasteiger partial charge in [-0.3, -0.25) is 0 Å². The lowest BCUT2D eigenvalue weighted by atomic mass is 9.89. The lowest BCUT2D eigenvalue weighted by Gasteiger charge is -2.27. The Morgan fingerprint density at radius 2 is 2.03 bits per heavy atom. The highest BCUT2D eigenvalue weighted by Gasteiger charge is 2.34. The number of ether oxygens (including phenoxy) is 1. The van der Waals surface area contributed by atoms with Gasteiger partial charge in [-0.25, -0.2) is 18.3 Å². The van der Waals surface area contributed by atoms with Crippen molar-refractivity contribution in [1.82, 2.24) is 19.9 Å². The monoisotopic (exact) mass is 474 g/mol. The quantitative estimate of drug-likeness (QED) is 0.543. The zero-order valence-electron chi connectivity index (χ0n) is 18.4. The van der Waals surface area contributed by atoms with E-state index in [2.05, 4.69) is 27.3 Å². The van der Waals surface area contributed by atoms with Crippen LogP contribution in [0.1, 0.15) is 38.2 Å². The normalized spacial score (nSPS) is 21.6.